The van der Waals surface area contributed by atoms with Crippen molar-refractivity contribution in [1.29, 1.82) is 0 Å². The predicted octanol–water partition coefficient (Wildman–Crippen LogP) is 4.53. The average molecular weight is 408 g/mol. The standard InChI is InChI=1S/C22H17FN2O3S/c1-12-13(2)29-22(24-12)25-18(14-8-10-16(23)11-9-14)17(20(27)21(25)28)19(26)15-6-4-3-5-7-15/h3-11,18,26H,1-2H3. The molecule has 1 atom stereocenters. The van der Waals surface area contributed by atoms with Crippen LogP contribution in [0.25, 0.3) is 5.76 Å². The van der Waals surface area contributed by atoms with Crippen molar-refractivity contribution < 1.29 is 19.1 Å². The number of nitrogens with zero attached hydrogens (tertiary/aromatic N) is 2. The summed E-state index contributed by atoms with van der Waals surface area (Å²) >= 11 is 1.29. The fraction of sp³-hybridized carbons (Fsp3) is 0.136. The van der Waals surface area contributed by atoms with Gasteiger partial charge in [-0.25, -0.2) is 9.37 Å². The molecule has 1 amide bonds. The lowest BCUT2D eigenvalue weighted by atomic mass is 9.95. The number of aryl methyl sites for hydroxylation is 2. The van der Waals surface area contributed by atoms with Gasteiger partial charge in [0, 0.05) is 10.4 Å². The molecular weight excluding hydrogens is 391 g/mol. The Hall–Kier alpha value is -3.32. The molecule has 1 saturated heterocycles. The van der Waals surface area contributed by atoms with E-state index >= 15 is 0 Å². The number of rotatable bonds is 3. The van der Waals surface area contributed by atoms with Gasteiger partial charge in [-0.1, -0.05) is 42.5 Å². The van der Waals surface area contributed by atoms with Crippen molar-refractivity contribution in [2.24, 2.45) is 0 Å². The van der Waals surface area contributed by atoms with Gasteiger partial charge in [-0.2, -0.15) is 0 Å². The number of carbonyl (C=O) groups is 2. The van der Waals surface area contributed by atoms with E-state index in [2.05, 4.69) is 4.98 Å². The minimum Gasteiger partial charge on any atom is -0.507 e. The van der Waals surface area contributed by atoms with Gasteiger partial charge >= 0.3 is 5.91 Å². The van der Waals surface area contributed by atoms with Crippen LogP contribution in [0.3, 0.4) is 0 Å². The van der Waals surface area contributed by atoms with Gasteiger partial charge in [0.2, 0.25) is 0 Å². The summed E-state index contributed by atoms with van der Waals surface area (Å²) in [6.07, 6.45) is 0. The topological polar surface area (TPSA) is 70.5 Å². The quantitative estimate of drug-likeness (QED) is 0.393. The zero-order valence-electron chi connectivity index (χ0n) is 15.7. The highest BCUT2D eigenvalue weighted by Crippen LogP contribution is 2.43. The maximum Gasteiger partial charge on any atom is 0.301 e. The summed E-state index contributed by atoms with van der Waals surface area (Å²) in [7, 11) is 0. The summed E-state index contributed by atoms with van der Waals surface area (Å²) in [6, 6.07) is 13.2. The molecule has 3 aromatic rings. The maximum absolute atomic E-state index is 13.5. The normalized spacial score (nSPS) is 18.4. The Labute approximate surface area is 170 Å². The van der Waals surface area contributed by atoms with Gasteiger partial charge in [0.15, 0.2) is 5.13 Å². The molecule has 0 bridgehead atoms. The Bertz CT molecular complexity index is 1120. The Morgan fingerprint density at radius 1 is 1.07 bits per heavy atom. The Balaban J connectivity index is 1.95. The van der Waals surface area contributed by atoms with E-state index in [1.807, 2.05) is 13.8 Å². The molecule has 1 aromatic heterocycles. The lowest BCUT2D eigenvalue weighted by Gasteiger charge is -2.23. The molecule has 1 fully saturated rings. The summed E-state index contributed by atoms with van der Waals surface area (Å²) < 4.78 is 13.5. The molecule has 4 rings (SSSR count). The summed E-state index contributed by atoms with van der Waals surface area (Å²) in [5.41, 5.74) is 1.64. The lowest BCUT2D eigenvalue weighted by Crippen LogP contribution is -2.29. The first-order valence-corrected chi connectivity index (χ1v) is 9.76. The number of halogens is 1. The number of ketones is 1. The van der Waals surface area contributed by atoms with Crippen LogP contribution in [0.1, 0.15) is 27.7 Å². The highest BCUT2D eigenvalue weighted by Gasteiger charge is 2.48. The van der Waals surface area contributed by atoms with Crippen LogP contribution in [-0.2, 0) is 9.59 Å². The number of hydrogen-bond donors (Lipinski definition) is 1. The van der Waals surface area contributed by atoms with Crippen molar-refractivity contribution in [2.45, 2.75) is 19.9 Å². The third kappa shape index (κ3) is 3.23. The van der Waals surface area contributed by atoms with E-state index in [1.165, 1.54) is 40.5 Å². The molecule has 29 heavy (non-hydrogen) atoms. The van der Waals surface area contributed by atoms with Crippen LogP contribution in [0.4, 0.5) is 9.52 Å². The van der Waals surface area contributed by atoms with Gasteiger partial charge in [-0.05, 0) is 31.5 Å². The van der Waals surface area contributed by atoms with Crippen molar-refractivity contribution in [2.75, 3.05) is 4.90 Å². The molecule has 1 aliphatic heterocycles. The molecule has 2 heterocycles. The minimum atomic E-state index is -0.902. The van der Waals surface area contributed by atoms with Crippen LogP contribution in [0.15, 0.2) is 60.2 Å². The van der Waals surface area contributed by atoms with Crippen molar-refractivity contribution in [1.82, 2.24) is 4.98 Å². The minimum absolute atomic E-state index is 0.0432. The van der Waals surface area contributed by atoms with E-state index in [9.17, 15) is 19.1 Å². The molecule has 0 aliphatic carbocycles. The second-order valence-electron chi connectivity index (χ2n) is 6.72. The maximum atomic E-state index is 13.5. The zero-order valence-corrected chi connectivity index (χ0v) is 16.5. The van der Waals surface area contributed by atoms with Gasteiger partial charge in [0.25, 0.3) is 5.78 Å². The molecule has 7 heteroatoms. The molecule has 1 aliphatic rings. The molecule has 2 aromatic carbocycles. The van der Waals surface area contributed by atoms with Crippen LogP contribution in [0.2, 0.25) is 0 Å². The monoisotopic (exact) mass is 408 g/mol. The van der Waals surface area contributed by atoms with E-state index in [-0.39, 0.29) is 11.3 Å². The molecule has 1 unspecified atom stereocenters. The summed E-state index contributed by atoms with van der Waals surface area (Å²) in [5.74, 6) is -2.28. The van der Waals surface area contributed by atoms with E-state index < -0.39 is 23.5 Å². The van der Waals surface area contributed by atoms with Crippen molar-refractivity contribution >= 4 is 33.9 Å². The molecule has 0 saturated carbocycles. The fourth-order valence-electron chi connectivity index (χ4n) is 3.30. The highest BCUT2D eigenvalue weighted by molar-refractivity contribution is 7.16. The van der Waals surface area contributed by atoms with Gasteiger partial charge in [0.1, 0.15) is 11.6 Å². The Kier molecular flexibility index (Phi) is 4.76. The largest absolute Gasteiger partial charge is 0.507 e. The van der Waals surface area contributed by atoms with E-state index in [0.29, 0.717) is 16.3 Å². The number of Topliss-reactive ketones (excluding diaryl/α,β-unsaturated/α-hetero) is 1. The number of amides is 1. The third-order valence-electron chi connectivity index (χ3n) is 4.90. The van der Waals surface area contributed by atoms with Crippen molar-refractivity contribution in [3.05, 3.63) is 87.7 Å². The summed E-state index contributed by atoms with van der Waals surface area (Å²) in [4.78, 5) is 32.5. The fourth-order valence-corrected chi connectivity index (χ4v) is 4.24. The zero-order chi connectivity index (χ0) is 20.7. The van der Waals surface area contributed by atoms with Gasteiger partial charge in [-0.15, -0.1) is 11.3 Å². The van der Waals surface area contributed by atoms with Gasteiger partial charge in [0.05, 0.1) is 17.3 Å². The second kappa shape index (κ2) is 7.25. The van der Waals surface area contributed by atoms with Gasteiger partial charge in [-0.3, -0.25) is 14.5 Å². The first kappa shape index (κ1) is 19.0. The number of benzene rings is 2. The Morgan fingerprint density at radius 3 is 2.31 bits per heavy atom. The number of aliphatic hydroxyl groups excluding tert-OH is 1. The van der Waals surface area contributed by atoms with E-state index in [0.717, 1.165) is 10.6 Å². The van der Waals surface area contributed by atoms with Crippen LogP contribution < -0.4 is 4.90 Å². The predicted molar refractivity (Wildman–Crippen MR) is 109 cm³/mol. The van der Waals surface area contributed by atoms with E-state index in [1.54, 1.807) is 30.3 Å². The number of hydrogen-bond acceptors (Lipinski definition) is 5. The Morgan fingerprint density at radius 2 is 1.72 bits per heavy atom. The molecule has 0 spiro atoms. The molecular formula is C22H17FN2O3S. The third-order valence-corrected chi connectivity index (χ3v) is 5.97. The number of anilines is 1. The van der Waals surface area contributed by atoms with E-state index in [4.69, 9.17) is 0 Å². The first-order chi connectivity index (χ1) is 13.9. The van der Waals surface area contributed by atoms with Gasteiger partial charge < -0.3 is 5.11 Å². The number of thiazole rings is 1. The highest BCUT2D eigenvalue weighted by atomic mass is 32.1. The number of aliphatic hydroxyl groups is 1. The molecule has 146 valence electrons. The number of carbonyl (C=O) groups excluding carboxylic acids is 2. The molecule has 0 radical (unpaired) electrons. The van der Waals surface area contributed by atoms with Crippen molar-refractivity contribution in [3.63, 3.8) is 0 Å². The smallest absolute Gasteiger partial charge is 0.301 e. The number of aromatic nitrogens is 1. The lowest BCUT2D eigenvalue weighted by molar-refractivity contribution is -0.132. The van der Waals surface area contributed by atoms with Crippen molar-refractivity contribution in [3.8, 4) is 0 Å². The van der Waals surface area contributed by atoms with Crippen LogP contribution in [0, 0.1) is 19.7 Å². The molecule has 5 nitrogen and oxygen atoms in total. The van der Waals surface area contributed by atoms with Crippen LogP contribution in [-0.4, -0.2) is 21.8 Å². The SMILES string of the molecule is Cc1nc(N2C(=O)C(=O)C(=C(O)c3ccccc3)C2c2ccc(F)cc2)sc1C. The summed E-state index contributed by atoms with van der Waals surface area (Å²) in [5, 5.41) is 11.3. The van der Waals surface area contributed by atoms with Crippen LogP contribution >= 0.6 is 11.3 Å². The second-order valence-corrected chi connectivity index (χ2v) is 7.91. The molecule has 1 N–H and O–H groups in total. The van der Waals surface area contributed by atoms with Crippen LogP contribution in [0.5, 0.6) is 0 Å². The average Bonchev–Trinajstić information content (AvgIpc) is 3.18. The first-order valence-electron chi connectivity index (χ1n) is 8.94. The summed E-state index contributed by atoms with van der Waals surface area (Å²) in [6.45, 7) is 3.70.